The summed E-state index contributed by atoms with van der Waals surface area (Å²) in [6.45, 7) is 0.431. The van der Waals surface area contributed by atoms with Gasteiger partial charge in [0.15, 0.2) is 0 Å². The van der Waals surface area contributed by atoms with Gasteiger partial charge >= 0.3 is 0 Å². The van der Waals surface area contributed by atoms with Crippen LogP contribution in [0.1, 0.15) is 21.5 Å². The Morgan fingerprint density at radius 3 is 1.90 bits per heavy atom. The molecule has 0 radical (unpaired) electrons. The van der Waals surface area contributed by atoms with Crippen LogP contribution >= 0.6 is 23.2 Å². The Morgan fingerprint density at radius 1 is 0.793 bits per heavy atom. The van der Waals surface area contributed by atoms with Crippen molar-refractivity contribution < 1.29 is 14.3 Å². The predicted octanol–water partition coefficient (Wildman–Crippen LogP) is 5.85. The maximum Gasteiger partial charge on any atom is 0.253 e. The Kier molecular flexibility index (Phi) is 7.02. The van der Waals surface area contributed by atoms with E-state index in [2.05, 4.69) is 0 Å². The van der Waals surface area contributed by atoms with E-state index in [0.717, 1.165) is 11.1 Å². The van der Waals surface area contributed by atoms with Gasteiger partial charge in [0.1, 0.15) is 24.7 Å². The lowest BCUT2D eigenvalue weighted by Crippen LogP contribution is -2.24. The first-order valence-corrected chi connectivity index (χ1v) is 9.80. The lowest BCUT2D eigenvalue weighted by atomic mass is 10.0. The van der Waals surface area contributed by atoms with Gasteiger partial charge in [0.2, 0.25) is 0 Å². The molecule has 4 nitrogen and oxygen atoms in total. The zero-order valence-electron chi connectivity index (χ0n) is 16.2. The van der Waals surface area contributed by atoms with E-state index in [-0.39, 0.29) is 19.1 Å². The van der Waals surface area contributed by atoms with Gasteiger partial charge in [0.25, 0.3) is 5.91 Å². The third-order valence-electron chi connectivity index (χ3n) is 4.34. The van der Waals surface area contributed by atoms with Gasteiger partial charge in [-0.05, 0) is 35.9 Å². The van der Waals surface area contributed by atoms with Crippen molar-refractivity contribution in [1.82, 2.24) is 4.90 Å². The van der Waals surface area contributed by atoms with Gasteiger partial charge in [-0.1, -0.05) is 59.6 Å². The zero-order valence-corrected chi connectivity index (χ0v) is 17.7. The molecule has 0 unspecified atom stereocenters. The molecule has 150 valence electrons. The average molecular weight is 430 g/mol. The number of ether oxygens (including phenoxy) is 2. The lowest BCUT2D eigenvalue weighted by molar-refractivity contribution is 0.0824. The number of halogens is 2. The molecule has 0 saturated heterocycles. The van der Waals surface area contributed by atoms with Crippen LogP contribution < -0.4 is 9.47 Å². The van der Waals surface area contributed by atoms with Crippen molar-refractivity contribution in [3.05, 3.63) is 93.5 Å². The summed E-state index contributed by atoms with van der Waals surface area (Å²) >= 11 is 12.4. The second-order valence-corrected chi connectivity index (χ2v) is 7.40. The molecular weight excluding hydrogens is 409 g/mol. The maximum atomic E-state index is 12.7. The van der Waals surface area contributed by atoms with Crippen LogP contribution in [0.4, 0.5) is 0 Å². The molecule has 1 amide bonds. The summed E-state index contributed by atoms with van der Waals surface area (Å²) in [7, 11) is 3.43. The van der Waals surface area contributed by atoms with E-state index in [9.17, 15) is 4.79 Å². The summed E-state index contributed by atoms with van der Waals surface area (Å²) in [5.41, 5.74) is 2.14. The number of para-hydroxylation sites is 2. The summed E-state index contributed by atoms with van der Waals surface area (Å²) in [5.74, 6) is 1.03. The van der Waals surface area contributed by atoms with E-state index in [1.165, 1.54) is 4.90 Å². The Labute approximate surface area is 180 Å². The first kappa shape index (κ1) is 21.0. The third kappa shape index (κ3) is 5.22. The van der Waals surface area contributed by atoms with Crippen LogP contribution in [-0.4, -0.2) is 24.9 Å². The van der Waals surface area contributed by atoms with Crippen molar-refractivity contribution in [2.75, 3.05) is 14.1 Å². The van der Waals surface area contributed by atoms with E-state index < -0.39 is 0 Å². The van der Waals surface area contributed by atoms with Crippen LogP contribution in [0.5, 0.6) is 11.5 Å². The van der Waals surface area contributed by atoms with Crippen LogP contribution in [0.2, 0.25) is 10.0 Å². The van der Waals surface area contributed by atoms with E-state index in [0.29, 0.717) is 27.1 Å². The Bertz CT molecular complexity index is 1000. The normalized spacial score (nSPS) is 10.5. The number of carbonyl (C=O) groups is 1. The molecule has 29 heavy (non-hydrogen) atoms. The molecule has 0 aliphatic heterocycles. The summed E-state index contributed by atoms with van der Waals surface area (Å²) in [5, 5.41) is 1.04. The fourth-order valence-electron chi connectivity index (χ4n) is 2.81. The molecule has 6 heteroatoms. The Balaban J connectivity index is 1.90. The second-order valence-electron chi connectivity index (χ2n) is 6.58. The van der Waals surface area contributed by atoms with Gasteiger partial charge in [-0.3, -0.25) is 4.79 Å². The monoisotopic (exact) mass is 429 g/mol. The molecule has 3 aromatic carbocycles. The summed E-state index contributed by atoms with van der Waals surface area (Å²) in [6, 6.07) is 20.0. The number of rotatable bonds is 7. The van der Waals surface area contributed by atoms with Crippen molar-refractivity contribution in [3.63, 3.8) is 0 Å². The minimum absolute atomic E-state index is 0.109. The SMILES string of the molecule is CN(C)C(=O)c1cccc(COc2ccccc2Cl)c1COc1ccccc1Cl. The third-order valence-corrected chi connectivity index (χ3v) is 4.96. The largest absolute Gasteiger partial charge is 0.487 e. The highest BCUT2D eigenvalue weighted by molar-refractivity contribution is 6.32. The molecule has 0 bridgehead atoms. The molecule has 3 rings (SSSR count). The summed E-state index contributed by atoms with van der Waals surface area (Å²) in [4.78, 5) is 14.2. The first-order valence-electron chi connectivity index (χ1n) is 9.04. The lowest BCUT2D eigenvalue weighted by Gasteiger charge is -2.19. The number of benzene rings is 3. The highest BCUT2D eigenvalue weighted by Gasteiger charge is 2.18. The highest BCUT2D eigenvalue weighted by Crippen LogP contribution is 2.28. The van der Waals surface area contributed by atoms with Gasteiger partial charge in [-0.15, -0.1) is 0 Å². The van der Waals surface area contributed by atoms with Crippen molar-refractivity contribution in [3.8, 4) is 11.5 Å². The number of hydrogen-bond donors (Lipinski definition) is 0. The number of nitrogens with zero attached hydrogens (tertiary/aromatic N) is 1. The molecular formula is C23H21Cl2NO3. The van der Waals surface area contributed by atoms with Gasteiger partial charge in [0.05, 0.1) is 10.0 Å². The van der Waals surface area contributed by atoms with Crippen LogP contribution in [0.25, 0.3) is 0 Å². The topological polar surface area (TPSA) is 38.8 Å². The van der Waals surface area contributed by atoms with Gasteiger partial charge < -0.3 is 14.4 Å². The van der Waals surface area contributed by atoms with Crippen LogP contribution in [-0.2, 0) is 13.2 Å². The average Bonchev–Trinajstić information content (AvgIpc) is 2.72. The molecule has 0 N–H and O–H groups in total. The fourth-order valence-corrected chi connectivity index (χ4v) is 3.19. The molecule has 0 aromatic heterocycles. The molecule has 0 aliphatic rings. The van der Waals surface area contributed by atoms with Crippen molar-refractivity contribution in [2.24, 2.45) is 0 Å². The molecule has 0 atom stereocenters. The zero-order chi connectivity index (χ0) is 20.8. The van der Waals surface area contributed by atoms with E-state index in [1.807, 2.05) is 36.4 Å². The van der Waals surface area contributed by atoms with Crippen LogP contribution in [0, 0.1) is 0 Å². The molecule has 0 heterocycles. The second kappa shape index (κ2) is 9.68. The highest BCUT2D eigenvalue weighted by atomic mass is 35.5. The van der Waals surface area contributed by atoms with Crippen molar-refractivity contribution in [1.29, 1.82) is 0 Å². The Morgan fingerprint density at radius 2 is 1.34 bits per heavy atom. The molecule has 0 saturated carbocycles. The number of amides is 1. The molecule has 3 aromatic rings. The summed E-state index contributed by atoms with van der Waals surface area (Å²) in [6.07, 6.45) is 0. The van der Waals surface area contributed by atoms with E-state index in [1.54, 1.807) is 44.4 Å². The Hall–Kier alpha value is -2.69. The fraction of sp³-hybridized carbons (Fsp3) is 0.174. The van der Waals surface area contributed by atoms with Gasteiger partial charge in [-0.25, -0.2) is 0 Å². The molecule has 0 aliphatic carbocycles. The standard InChI is InChI=1S/C23H21Cl2NO3/c1-26(2)23(27)17-9-7-8-16(14-28-21-12-5-3-10-19(21)24)18(17)15-29-22-13-6-4-11-20(22)25/h3-13H,14-15H2,1-2H3. The van der Waals surface area contributed by atoms with Crippen LogP contribution in [0.15, 0.2) is 66.7 Å². The number of hydrogen-bond acceptors (Lipinski definition) is 3. The van der Waals surface area contributed by atoms with Gasteiger partial charge in [-0.2, -0.15) is 0 Å². The quantitative estimate of drug-likeness (QED) is 0.472. The smallest absolute Gasteiger partial charge is 0.253 e. The minimum atomic E-state index is -0.109. The summed E-state index contributed by atoms with van der Waals surface area (Å²) < 4.78 is 11.8. The molecule has 0 spiro atoms. The van der Waals surface area contributed by atoms with E-state index >= 15 is 0 Å². The maximum absolute atomic E-state index is 12.7. The van der Waals surface area contributed by atoms with Crippen molar-refractivity contribution >= 4 is 29.1 Å². The van der Waals surface area contributed by atoms with Crippen LogP contribution in [0.3, 0.4) is 0 Å². The molecule has 0 fully saturated rings. The van der Waals surface area contributed by atoms with E-state index in [4.69, 9.17) is 32.7 Å². The van der Waals surface area contributed by atoms with Gasteiger partial charge in [0, 0.05) is 25.2 Å². The minimum Gasteiger partial charge on any atom is -0.487 e. The number of carbonyl (C=O) groups excluding carboxylic acids is 1. The van der Waals surface area contributed by atoms with Crippen molar-refractivity contribution in [2.45, 2.75) is 13.2 Å². The first-order chi connectivity index (χ1) is 14.0. The predicted molar refractivity (Wildman–Crippen MR) is 116 cm³/mol.